The van der Waals surface area contributed by atoms with Gasteiger partial charge in [0.25, 0.3) is 0 Å². The smallest absolute Gasteiger partial charge is 0.323 e. The van der Waals surface area contributed by atoms with Gasteiger partial charge in [0.15, 0.2) is 0 Å². The first-order chi connectivity index (χ1) is 13.0. The highest BCUT2D eigenvalue weighted by molar-refractivity contribution is 5.76. The highest BCUT2D eigenvalue weighted by Gasteiger charge is 2.25. The van der Waals surface area contributed by atoms with Crippen LogP contribution in [0.15, 0.2) is 24.3 Å². The fraction of sp³-hybridized carbons (Fsp3) is 0.619. The molecule has 1 aliphatic carbocycles. The summed E-state index contributed by atoms with van der Waals surface area (Å²) in [6, 6.07) is 7.60. The Morgan fingerprint density at radius 1 is 1.22 bits per heavy atom. The van der Waals surface area contributed by atoms with E-state index in [2.05, 4.69) is 19.2 Å². The van der Waals surface area contributed by atoms with Gasteiger partial charge in [0.1, 0.15) is 12.1 Å². The van der Waals surface area contributed by atoms with Crippen molar-refractivity contribution in [2.45, 2.75) is 77.5 Å². The van der Waals surface area contributed by atoms with Gasteiger partial charge in [-0.15, -0.1) is 0 Å². The van der Waals surface area contributed by atoms with Gasteiger partial charge in [-0.3, -0.25) is 14.8 Å². The molecule has 0 spiro atoms. The number of hydroxylamine groups is 1. The topological polar surface area (TPSA) is 87.7 Å². The van der Waals surface area contributed by atoms with Crippen molar-refractivity contribution in [2.24, 2.45) is 5.92 Å². The summed E-state index contributed by atoms with van der Waals surface area (Å²) in [7, 11) is 0. The molecule has 27 heavy (non-hydrogen) atoms. The third kappa shape index (κ3) is 7.69. The molecule has 1 fully saturated rings. The molecular formula is C21H32N2O4. The van der Waals surface area contributed by atoms with Gasteiger partial charge in [-0.2, -0.15) is 0 Å². The van der Waals surface area contributed by atoms with Crippen LogP contribution < -0.4 is 10.8 Å². The second kappa shape index (κ2) is 11.0. The molecule has 1 atom stereocenters. The van der Waals surface area contributed by atoms with Crippen LogP contribution in [0.25, 0.3) is 0 Å². The van der Waals surface area contributed by atoms with Crippen LogP contribution in [0.2, 0.25) is 0 Å². The van der Waals surface area contributed by atoms with Crippen LogP contribution >= 0.6 is 0 Å². The number of benzene rings is 1. The summed E-state index contributed by atoms with van der Waals surface area (Å²) in [6.45, 7) is 4.77. The summed E-state index contributed by atoms with van der Waals surface area (Å²) in [4.78, 5) is 23.8. The second-order valence-corrected chi connectivity index (χ2v) is 7.76. The molecule has 1 amide bonds. The van der Waals surface area contributed by atoms with Crippen LogP contribution in [0.3, 0.4) is 0 Å². The Kier molecular flexibility index (Phi) is 8.75. The molecule has 6 nitrogen and oxygen atoms in total. The average Bonchev–Trinajstić information content (AvgIpc) is 3.16. The molecule has 150 valence electrons. The van der Waals surface area contributed by atoms with E-state index in [0.717, 1.165) is 43.2 Å². The highest BCUT2D eigenvalue weighted by atomic mass is 16.5. The number of esters is 1. The number of amides is 1. The third-order valence-corrected chi connectivity index (χ3v) is 4.89. The van der Waals surface area contributed by atoms with E-state index < -0.39 is 5.91 Å². The first kappa shape index (κ1) is 21.4. The van der Waals surface area contributed by atoms with Crippen molar-refractivity contribution in [1.29, 1.82) is 0 Å². The predicted octanol–water partition coefficient (Wildman–Crippen LogP) is 3.11. The number of carbonyl (C=O) groups is 2. The van der Waals surface area contributed by atoms with E-state index in [1.165, 1.54) is 0 Å². The fourth-order valence-corrected chi connectivity index (χ4v) is 3.44. The summed E-state index contributed by atoms with van der Waals surface area (Å²) >= 11 is 0. The summed E-state index contributed by atoms with van der Waals surface area (Å²) in [5.74, 6) is -0.154. The molecule has 0 aromatic heterocycles. The van der Waals surface area contributed by atoms with Gasteiger partial charge in [0, 0.05) is 13.0 Å². The van der Waals surface area contributed by atoms with E-state index in [1.54, 1.807) is 5.48 Å². The lowest BCUT2D eigenvalue weighted by molar-refractivity contribution is -0.151. The van der Waals surface area contributed by atoms with E-state index in [1.807, 2.05) is 24.3 Å². The summed E-state index contributed by atoms with van der Waals surface area (Å²) in [5, 5.41) is 11.9. The number of aryl methyl sites for hydroxylation is 1. The number of rotatable bonds is 10. The monoisotopic (exact) mass is 376 g/mol. The van der Waals surface area contributed by atoms with Gasteiger partial charge in [-0.25, -0.2) is 5.48 Å². The minimum Gasteiger partial charge on any atom is -0.461 e. The van der Waals surface area contributed by atoms with Crippen molar-refractivity contribution in [3.05, 3.63) is 35.4 Å². The zero-order valence-corrected chi connectivity index (χ0v) is 16.4. The standard InChI is InChI=1S/C21H32N2O4/c1-15(2)12-19(21(25)27-18-8-3-4-9-18)22-14-17-7-5-6-16(13-17)10-11-20(24)23-26/h5-7,13,15,18-19,22,26H,3-4,8-12,14H2,1-2H3,(H,23,24)/t19-/m0/s1. The quantitative estimate of drug-likeness (QED) is 0.332. The van der Waals surface area contributed by atoms with E-state index >= 15 is 0 Å². The Hall–Kier alpha value is -1.92. The first-order valence-corrected chi connectivity index (χ1v) is 9.92. The number of ether oxygens (including phenoxy) is 1. The van der Waals surface area contributed by atoms with E-state index in [-0.39, 0.29) is 24.5 Å². The lowest BCUT2D eigenvalue weighted by Crippen LogP contribution is -2.40. The van der Waals surface area contributed by atoms with Crippen molar-refractivity contribution >= 4 is 11.9 Å². The number of hydrogen-bond acceptors (Lipinski definition) is 5. The first-order valence-electron chi connectivity index (χ1n) is 9.92. The van der Waals surface area contributed by atoms with Gasteiger partial charge < -0.3 is 10.1 Å². The Bertz CT molecular complexity index is 612. The van der Waals surface area contributed by atoms with Crippen LogP contribution in [-0.2, 0) is 27.3 Å². The van der Waals surface area contributed by atoms with Crippen LogP contribution in [-0.4, -0.2) is 29.2 Å². The molecule has 6 heteroatoms. The van der Waals surface area contributed by atoms with Crippen molar-refractivity contribution in [2.75, 3.05) is 0 Å². The Morgan fingerprint density at radius 3 is 2.59 bits per heavy atom. The minimum absolute atomic E-state index is 0.0787. The molecule has 1 aromatic carbocycles. The lowest BCUT2D eigenvalue weighted by Gasteiger charge is -2.22. The molecule has 0 heterocycles. The molecule has 2 rings (SSSR count). The number of nitrogens with one attached hydrogen (secondary N) is 2. The average molecular weight is 376 g/mol. The number of carbonyl (C=O) groups excluding carboxylic acids is 2. The minimum atomic E-state index is -0.398. The molecule has 0 bridgehead atoms. The fourth-order valence-electron chi connectivity index (χ4n) is 3.44. The number of hydrogen-bond donors (Lipinski definition) is 3. The molecule has 0 radical (unpaired) electrons. The van der Waals surface area contributed by atoms with Gasteiger partial charge in [-0.1, -0.05) is 38.1 Å². The van der Waals surface area contributed by atoms with Crippen molar-refractivity contribution in [3.63, 3.8) is 0 Å². The SMILES string of the molecule is CC(C)C[C@H](NCc1cccc(CCC(=O)NO)c1)C(=O)OC1CCCC1. The lowest BCUT2D eigenvalue weighted by atomic mass is 10.0. The van der Waals surface area contributed by atoms with Crippen LogP contribution in [0, 0.1) is 5.92 Å². The third-order valence-electron chi connectivity index (χ3n) is 4.89. The maximum Gasteiger partial charge on any atom is 0.323 e. The summed E-state index contributed by atoms with van der Waals surface area (Å²) < 4.78 is 5.69. The molecule has 1 saturated carbocycles. The van der Waals surface area contributed by atoms with Gasteiger partial charge >= 0.3 is 5.97 Å². The highest BCUT2D eigenvalue weighted by Crippen LogP contribution is 2.22. The van der Waals surface area contributed by atoms with Crippen molar-refractivity contribution < 1.29 is 19.5 Å². The molecule has 1 aliphatic rings. The maximum atomic E-state index is 12.6. The van der Waals surface area contributed by atoms with Crippen molar-refractivity contribution in [1.82, 2.24) is 10.8 Å². The van der Waals surface area contributed by atoms with Gasteiger partial charge in [0.2, 0.25) is 5.91 Å². The van der Waals surface area contributed by atoms with Crippen LogP contribution in [0.1, 0.15) is 63.5 Å². The zero-order chi connectivity index (χ0) is 19.6. The predicted molar refractivity (Wildman–Crippen MR) is 103 cm³/mol. The Morgan fingerprint density at radius 2 is 1.93 bits per heavy atom. The van der Waals surface area contributed by atoms with E-state index in [9.17, 15) is 9.59 Å². The zero-order valence-electron chi connectivity index (χ0n) is 16.4. The van der Waals surface area contributed by atoms with Gasteiger partial charge in [-0.05, 0) is 55.6 Å². The van der Waals surface area contributed by atoms with E-state index in [4.69, 9.17) is 9.94 Å². The summed E-state index contributed by atoms with van der Waals surface area (Å²) in [6.07, 6.45) is 5.84. The maximum absolute atomic E-state index is 12.6. The molecule has 0 aliphatic heterocycles. The Balaban J connectivity index is 1.91. The molecule has 0 unspecified atom stereocenters. The molecule has 3 N–H and O–H groups in total. The van der Waals surface area contributed by atoms with Gasteiger partial charge in [0.05, 0.1) is 0 Å². The molecule has 0 saturated heterocycles. The second-order valence-electron chi connectivity index (χ2n) is 7.76. The van der Waals surface area contributed by atoms with Crippen LogP contribution in [0.5, 0.6) is 0 Å². The summed E-state index contributed by atoms with van der Waals surface area (Å²) in [5.41, 5.74) is 3.72. The largest absolute Gasteiger partial charge is 0.461 e. The Labute approximate surface area is 161 Å². The molecule has 1 aromatic rings. The van der Waals surface area contributed by atoms with Crippen LogP contribution in [0.4, 0.5) is 0 Å². The normalized spacial score (nSPS) is 15.7. The molecular weight excluding hydrogens is 344 g/mol. The van der Waals surface area contributed by atoms with E-state index in [0.29, 0.717) is 18.9 Å². The van der Waals surface area contributed by atoms with Crippen molar-refractivity contribution in [3.8, 4) is 0 Å².